The van der Waals surface area contributed by atoms with E-state index in [0.717, 1.165) is 24.5 Å². The highest BCUT2D eigenvalue weighted by Crippen LogP contribution is 2.29. The van der Waals surface area contributed by atoms with Gasteiger partial charge < -0.3 is 18.9 Å². The van der Waals surface area contributed by atoms with Gasteiger partial charge in [-0.15, -0.1) is 0 Å². The normalized spacial score (nSPS) is 17.2. The van der Waals surface area contributed by atoms with E-state index in [4.69, 9.17) is 22.4 Å². The van der Waals surface area contributed by atoms with Crippen LogP contribution in [-0.4, -0.2) is 80.4 Å². The van der Waals surface area contributed by atoms with Gasteiger partial charge in [0, 0.05) is 12.7 Å². The van der Waals surface area contributed by atoms with Gasteiger partial charge in [0.15, 0.2) is 10.1 Å². The van der Waals surface area contributed by atoms with Gasteiger partial charge in [-0.25, -0.2) is 18.2 Å². The number of carbonyl (C=O) groups is 1. The number of hydrogen-bond donors (Lipinski definition) is 0. The molecule has 0 aromatic carbocycles. The number of likely N-dealkylation sites (tertiary alicyclic amines) is 1. The van der Waals surface area contributed by atoms with Crippen molar-refractivity contribution in [2.75, 3.05) is 34.3 Å². The molecular weight excluding hydrogens is 443 g/mol. The minimum Gasteiger partial charge on any atom is -0.741 e. The van der Waals surface area contributed by atoms with Gasteiger partial charge in [-0.05, 0) is 39.3 Å². The van der Waals surface area contributed by atoms with Crippen LogP contribution in [0, 0.1) is 0 Å². The zero-order chi connectivity index (χ0) is 24.3. The highest BCUT2D eigenvalue weighted by molar-refractivity contribution is 7.86. The molecule has 0 N–H and O–H groups in total. The molecule has 1 aliphatic rings. The van der Waals surface area contributed by atoms with Crippen molar-refractivity contribution in [2.24, 2.45) is 0 Å². The molecule has 1 unspecified atom stereocenters. The lowest BCUT2D eigenvalue weighted by Crippen LogP contribution is -2.55. The number of quaternary nitrogens is 1. The Morgan fingerprint density at radius 3 is 2.23 bits per heavy atom. The predicted molar refractivity (Wildman–Crippen MR) is 106 cm³/mol. The summed E-state index contributed by atoms with van der Waals surface area (Å²) < 4.78 is 70.9. The third-order valence-electron chi connectivity index (χ3n) is 3.87. The summed E-state index contributed by atoms with van der Waals surface area (Å²) in [7, 11) is 0.0512. The molecule has 178 valence electrons. The summed E-state index contributed by atoms with van der Waals surface area (Å²) in [5.41, 5.74) is -6.12. The van der Waals surface area contributed by atoms with Crippen molar-refractivity contribution in [1.29, 1.82) is 0 Å². The summed E-state index contributed by atoms with van der Waals surface area (Å²) in [6, 6.07) is 3.84. The van der Waals surface area contributed by atoms with Crippen LogP contribution in [0.2, 0.25) is 0 Å². The fourth-order valence-corrected chi connectivity index (χ4v) is 2.36. The maximum absolute atomic E-state index is 12.1. The molecule has 2 rings (SSSR count). The van der Waals surface area contributed by atoms with Crippen molar-refractivity contribution in [1.82, 2.24) is 14.4 Å². The number of rotatable bonds is 4. The summed E-state index contributed by atoms with van der Waals surface area (Å²) >= 11 is 0. The largest absolute Gasteiger partial charge is 0.741 e. The number of alkyl halides is 3. The number of carbonyl (C=O) groups excluding carboxylic acids is 1. The van der Waals surface area contributed by atoms with E-state index in [1.807, 2.05) is 54.0 Å². The van der Waals surface area contributed by atoms with E-state index in [-0.39, 0.29) is 12.1 Å². The van der Waals surface area contributed by atoms with Gasteiger partial charge in [0.05, 0.1) is 27.2 Å². The van der Waals surface area contributed by atoms with E-state index in [0.29, 0.717) is 11.1 Å². The lowest BCUT2D eigenvalue weighted by Gasteiger charge is -2.41. The highest BCUT2D eigenvalue weighted by atomic mass is 32.2. The van der Waals surface area contributed by atoms with E-state index >= 15 is 0 Å². The van der Waals surface area contributed by atoms with Crippen molar-refractivity contribution in [3.63, 3.8) is 0 Å². The fourth-order valence-electron chi connectivity index (χ4n) is 2.36. The van der Waals surface area contributed by atoms with Crippen LogP contribution in [0.3, 0.4) is 0 Å². The Morgan fingerprint density at radius 1 is 1.29 bits per heavy atom. The second-order valence-electron chi connectivity index (χ2n) is 8.66. The minimum atomic E-state index is -6.09. The van der Waals surface area contributed by atoms with Gasteiger partial charge in [-0.1, -0.05) is 0 Å². The van der Waals surface area contributed by atoms with Crippen LogP contribution in [0.1, 0.15) is 27.2 Å². The lowest BCUT2D eigenvalue weighted by molar-refractivity contribution is -0.0518. The topological polar surface area (TPSA) is 109 Å². The summed E-state index contributed by atoms with van der Waals surface area (Å²) in [5.74, 6) is 1.63. The highest BCUT2D eigenvalue weighted by Gasteiger charge is 2.37. The van der Waals surface area contributed by atoms with Crippen LogP contribution in [0.4, 0.5) is 23.8 Å². The third-order valence-corrected chi connectivity index (χ3v) is 4.44. The second-order valence-corrected chi connectivity index (χ2v) is 10.0. The van der Waals surface area contributed by atoms with Gasteiger partial charge in [0.1, 0.15) is 12.2 Å². The molecule has 0 bridgehead atoms. The molecule has 1 aromatic rings. The molecule has 0 radical (unpaired) electrons. The van der Waals surface area contributed by atoms with Crippen LogP contribution >= 0.6 is 0 Å². The van der Waals surface area contributed by atoms with E-state index in [2.05, 4.69) is 4.98 Å². The van der Waals surface area contributed by atoms with Crippen molar-refractivity contribution >= 4 is 22.0 Å². The Balaban J connectivity index is 0.000000512. The molecule has 13 heteroatoms. The number of aromatic nitrogens is 1. The van der Waals surface area contributed by atoms with Crippen LogP contribution in [0.25, 0.3) is 0 Å². The van der Waals surface area contributed by atoms with Gasteiger partial charge in [0.25, 0.3) is 5.82 Å². The Kier molecular flexibility index (Phi) is 8.31. The van der Waals surface area contributed by atoms with E-state index < -0.39 is 21.2 Å². The standard InChI is InChI=1S/C17H28N3O3.CHF3O3S/c1-17(2,3)23-16(21)19-11-9-13(19)12-22-14-8-7-10-18-15(14)20(4,5)6;2-1(3,4)8(5,6)7/h7-8,10,13H,9,11-12H2,1-6H3;(H,5,6,7)/q+1;/p-1. The number of hydrogen-bond acceptors (Lipinski definition) is 7. The quantitative estimate of drug-likeness (QED) is 0.377. The van der Waals surface area contributed by atoms with Gasteiger partial charge in [-0.3, -0.25) is 4.48 Å². The van der Waals surface area contributed by atoms with Crippen molar-refractivity contribution < 1.29 is 40.4 Å². The summed E-state index contributed by atoms with van der Waals surface area (Å²) in [5, 5.41) is 0. The van der Waals surface area contributed by atoms with Crippen molar-refractivity contribution in [3.8, 4) is 5.75 Å². The summed E-state index contributed by atoms with van der Waals surface area (Å²) in [4.78, 5) is 18.3. The van der Waals surface area contributed by atoms with Crippen LogP contribution < -0.4 is 9.22 Å². The van der Waals surface area contributed by atoms with E-state index in [9.17, 15) is 18.0 Å². The number of halogens is 3. The first-order valence-electron chi connectivity index (χ1n) is 9.24. The van der Waals surface area contributed by atoms with Crippen LogP contribution in [0.5, 0.6) is 5.75 Å². The maximum Gasteiger partial charge on any atom is 0.485 e. The first kappa shape index (κ1) is 26.9. The zero-order valence-electron chi connectivity index (χ0n) is 18.3. The SMILES string of the molecule is CC(C)(C)OC(=O)N1CCC1COc1cccnc1[N+](C)(C)C.O=S(=O)([O-])C(F)(F)F. The van der Waals surface area contributed by atoms with Crippen molar-refractivity contribution in [2.45, 2.75) is 44.3 Å². The van der Waals surface area contributed by atoms with E-state index in [1.165, 1.54) is 0 Å². The molecule has 1 aromatic heterocycles. The average Bonchev–Trinajstić information content (AvgIpc) is 2.50. The van der Waals surface area contributed by atoms with Crippen LogP contribution in [0.15, 0.2) is 18.3 Å². The van der Waals surface area contributed by atoms with Gasteiger partial charge >= 0.3 is 11.6 Å². The Labute approximate surface area is 180 Å². The second kappa shape index (κ2) is 9.57. The first-order valence-corrected chi connectivity index (χ1v) is 10.7. The molecule has 2 heterocycles. The Hall–Kier alpha value is -2.12. The zero-order valence-corrected chi connectivity index (χ0v) is 19.1. The number of nitrogens with zero attached hydrogens (tertiary/aromatic N) is 3. The molecule has 1 amide bonds. The van der Waals surface area contributed by atoms with Gasteiger partial charge in [0.2, 0.25) is 5.75 Å². The smallest absolute Gasteiger partial charge is 0.485 e. The predicted octanol–water partition coefficient (Wildman–Crippen LogP) is 2.72. The Bertz CT molecular complexity index is 864. The fraction of sp³-hybridized carbons (Fsp3) is 0.667. The molecule has 1 aliphatic heterocycles. The Morgan fingerprint density at radius 2 is 1.84 bits per heavy atom. The molecule has 0 saturated carbocycles. The number of pyridine rings is 1. The van der Waals surface area contributed by atoms with E-state index in [1.54, 1.807) is 11.1 Å². The molecular formula is C18H28F3N3O6S. The molecule has 1 atom stereocenters. The minimum absolute atomic E-state index is 0.0605. The third kappa shape index (κ3) is 8.50. The average molecular weight is 471 g/mol. The first-order chi connectivity index (χ1) is 13.8. The maximum atomic E-state index is 12.1. The monoisotopic (exact) mass is 471 g/mol. The molecule has 1 fully saturated rings. The number of ether oxygens (including phenoxy) is 2. The summed E-state index contributed by atoms with van der Waals surface area (Å²) in [6.07, 6.45) is 2.43. The molecule has 1 saturated heterocycles. The van der Waals surface area contributed by atoms with Crippen LogP contribution in [-0.2, 0) is 14.9 Å². The molecule has 0 spiro atoms. The van der Waals surface area contributed by atoms with Gasteiger partial charge in [-0.2, -0.15) is 13.2 Å². The summed E-state index contributed by atoms with van der Waals surface area (Å²) in [6.45, 7) is 6.80. The lowest BCUT2D eigenvalue weighted by atomic mass is 10.1. The number of amides is 1. The van der Waals surface area contributed by atoms with Crippen molar-refractivity contribution in [3.05, 3.63) is 18.3 Å². The molecule has 0 aliphatic carbocycles. The molecule has 9 nitrogen and oxygen atoms in total. The molecule has 31 heavy (non-hydrogen) atoms.